The highest BCUT2D eigenvalue weighted by Crippen LogP contribution is 2.34. The number of rotatable bonds is 6. The van der Waals surface area contributed by atoms with Gasteiger partial charge < -0.3 is 14.9 Å². The molecule has 0 spiro atoms. The molecule has 0 aromatic carbocycles. The molecule has 1 aliphatic carbocycles. The summed E-state index contributed by atoms with van der Waals surface area (Å²) in [5, 5.41) is 20.2. The van der Waals surface area contributed by atoms with Crippen molar-refractivity contribution in [2.75, 3.05) is 0 Å². The highest BCUT2D eigenvalue weighted by molar-refractivity contribution is 5.97. The van der Waals surface area contributed by atoms with E-state index in [9.17, 15) is 15.0 Å². The minimum Gasteiger partial charge on any atom is -0.489 e. The van der Waals surface area contributed by atoms with Crippen molar-refractivity contribution in [3.05, 3.63) is 11.3 Å². The highest BCUT2D eigenvalue weighted by atomic mass is 16.5. The molecule has 2 N–H and O–H groups in total. The summed E-state index contributed by atoms with van der Waals surface area (Å²) in [4.78, 5) is 11.8. The fourth-order valence-electron chi connectivity index (χ4n) is 3.05. The lowest BCUT2D eigenvalue weighted by molar-refractivity contribution is -0.120. The molecule has 0 aromatic heterocycles. The van der Waals surface area contributed by atoms with Gasteiger partial charge in [0, 0.05) is 12.0 Å². The molecule has 20 heavy (non-hydrogen) atoms. The second kappa shape index (κ2) is 7.23. The number of ketones is 1. The van der Waals surface area contributed by atoms with Gasteiger partial charge in [-0.2, -0.15) is 0 Å². The van der Waals surface area contributed by atoms with Crippen LogP contribution >= 0.6 is 0 Å². The van der Waals surface area contributed by atoms with Crippen molar-refractivity contribution >= 4 is 5.78 Å². The Morgan fingerprint density at radius 1 is 1.25 bits per heavy atom. The average Bonchev–Trinajstić information content (AvgIpc) is 2.47. The van der Waals surface area contributed by atoms with E-state index in [4.69, 9.17) is 4.74 Å². The first-order valence-corrected chi connectivity index (χ1v) is 7.92. The lowest BCUT2D eigenvalue weighted by Crippen LogP contribution is -2.37. The molecular weight excluding hydrogens is 256 g/mol. The Labute approximate surface area is 120 Å². The summed E-state index contributed by atoms with van der Waals surface area (Å²) in [6.45, 7) is 2.16. The second-order valence-corrected chi connectivity index (χ2v) is 5.93. The summed E-state index contributed by atoms with van der Waals surface area (Å²) in [5.41, 5.74) is 0.651. The van der Waals surface area contributed by atoms with Crippen LogP contribution in [-0.4, -0.2) is 34.3 Å². The van der Waals surface area contributed by atoms with Gasteiger partial charge in [0.05, 0.1) is 6.10 Å². The maximum atomic E-state index is 11.8. The quantitative estimate of drug-likeness (QED) is 0.734. The van der Waals surface area contributed by atoms with Crippen LogP contribution in [0.15, 0.2) is 11.3 Å². The zero-order valence-corrected chi connectivity index (χ0v) is 12.3. The molecule has 4 nitrogen and oxygen atoms in total. The first-order chi connectivity index (χ1) is 9.63. The molecule has 2 rings (SSSR count). The van der Waals surface area contributed by atoms with Crippen LogP contribution in [0.25, 0.3) is 0 Å². The van der Waals surface area contributed by atoms with Crippen molar-refractivity contribution in [3.8, 4) is 0 Å². The van der Waals surface area contributed by atoms with E-state index in [-0.39, 0.29) is 11.9 Å². The van der Waals surface area contributed by atoms with Gasteiger partial charge in [0.15, 0.2) is 5.78 Å². The molecule has 0 amide bonds. The van der Waals surface area contributed by atoms with Crippen molar-refractivity contribution < 1.29 is 19.7 Å². The van der Waals surface area contributed by atoms with Gasteiger partial charge in [0.1, 0.15) is 18.0 Å². The number of carbonyl (C=O) groups excluding carboxylic acids is 1. The van der Waals surface area contributed by atoms with E-state index in [1.165, 1.54) is 12.8 Å². The smallest absolute Gasteiger partial charge is 0.162 e. The number of unbranched alkanes of at least 4 members (excludes halogenated alkanes) is 3. The van der Waals surface area contributed by atoms with Gasteiger partial charge in [-0.1, -0.05) is 32.6 Å². The van der Waals surface area contributed by atoms with E-state index >= 15 is 0 Å². The highest BCUT2D eigenvalue weighted by Gasteiger charge is 2.36. The second-order valence-electron chi connectivity index (χ2n) is 5.93. The standard InChI is InChI=1S/C16H26O4/c1-2-3-4-5-6-13(18)15-10-7-11-12(17)8-9-14(19)16(11)20-15/h13-15,18-19H,2-10H2,1H3. The number of hydrogen-bond acceptors (Lipinski definition) is 4. The number of ether oxygens (including phenoxy) is 1. The summed E-state index contributed by atoms with van der Waals surface area (Å²) in [5.74, 6) is 0.534. The van der Waals surface area contributed by atoms with Crippen LogP contribution in [0, 0.1) is 0 Å². The van der Waals surface area contributed by atoms with Crippen LogP contribution < -0.4 is 0 Å². The van der Waals surface area contributed by atoms with Crippen molar-refractivity contribution in [3.63, 3.8) is 0 Å². The number of aliphatic hydroxyl groups excluding tert-OH is 2. The molecule has 0 radical (unpaired) electrons. The number of hydrogen-bond donors (Lipinski definition) is 2. The Kier molecular flexibility index (Phi) is 5.61. The summed E-state index contributed by atoms with van der Waals surface area (Å²) < 4.78 is 5.75. The third-order valence-electron chi connectivity index (χ3n) is 4.32. The van der Waals surface area contributed by atoms with Crippen molar-refractivity contribution in [2.45, 2.75) is 83.0 Å². The Morgan fingerprint density at radius 3 is 2.80 bits per heavy atom. The van der Waals surface area contributed by atoms with Crippen LogP contribution in [0.5, 0.6) is 0 Å². The Balaban J connectivity index is 1.89. The normalized spacial score (nSPS) is 28.1. The number of aliphatic hydroxyl groups is 2. The van der Waals surface area contributed by atoms with Crippen molar-refractivity contribution in [1.82, 2.24) is 0 Å². The molecule has 2 aliphatic rings. The van der Waals surface area contributed by atoms with Crippen LogP contribution in [-0.2, 0) is 9.53 Å². The molecule has 3 atom stereocenters. The molecule has 1 heterocycles. The average molecular weight is 282 g/mol. The van der Waals surface area contributed by atoms with Gasteiger partial charge in [0.2, 0.25) is 0 Å². The lowest BCUT2D eigenvalue weighted by atomic mass is 9.87. The van der Waals surface area contributed by atoms with E-state index in [0.717, 1.165) is 19.3 Å². The van der Waals surface area contributed by atoms with E-state index in [1.807, 2.05) is 0 Å². The lowest BCUT2D eigenvalue weighted by Gasteiger charge is -2.35. The van der Waals surface area contributed by atoms with E-state index in [2.05, 4.69) is 6.92 Å². The predicted molar refractivity (Wildman–Crippen MR) is 76.1 cm³/mol. The summed E-state index contributed by atoms with van der Waals surface area (Å²) in [6.07, 6.45) is 5.97. The van der Waals surface area contributed by atoms with Crippen molar-refractivity contribution in [2.24, 2.45) is 0 Å². The monoisotopic (exact) mass is 282 g/mol. The Morgan fingerprint density at radius 2 is 2.05 bits per heavy atom. The van der Waals surface area contributed by atoms with Crippen LogP contribution in [0.4, 0.5) is 0 Å². The molecule has 4 heteroatoms. The zero-order chi connectivity index (χ0) is 14.5. The minimum atomic E-state index is -0.669. The molecule has 0 aromatic rings. The molecule has 0 saturated heterocycles. The first-order valence-electron chi connectivity index (χ1n) is 7.92. The molecule has 0 bridgehead atoms. The maximum Gasteiger partial charge on any atom is 0.162 e. The van der Waals surface area contributed by atoms with Crippen LogP contribution in [0.2, 0.25) is 0 Å². The third-order valence-corrected chi connectivity index (χ3v) is 4.32. The minimum absolute atomic E-state index is 0.0983. The van der Waals surface area contributed by atoms with Gasteiger partial charge in [-0.05, 0) is 25.7 Å². The number of carbonyl (C=O) groups is 1. The topological polar surface area (TPSA) is 66.8 Å². The van der Waals surface area contributed by atoms with Crippen molar-refractivity contribution in [1.29, 1.82) is 0 Å². The van der Waals surface area contributed by atoms with E-state index < -0.39 is 12.2 Å². The zero-order valence-electron chi connectivity index (χ0n) is 12.3. The maximum absolute atomic E-state index is 11.8. The Bertz CT molecular complexity index is 375. The Hall–Kier alpha value is -0.870. The fourth-order valence-corrected chi connectivity index (χ4v) is 3.05. The third kappa shape index (κ3) is 3.61. The van der Waals surface area contributed by atoms with Gasteiger partial charge in [-0.3, -0.25) is 4.79 Å². The van der Waals surface area contributed by atoms with Gasteiger partial charge in [0.25, 0.3) is 0 Å². The fraction of sp³-hybridized carbons (Fsp3) is 0.812. The largest absolute Gasteiger partial charge is 0.489 e. The molecule has 3 unspecified atom stereocenters. The summed E-state index contributed by atoms with van der Waals surface area (Å²) >= 11 is 0. The molecular formula is C16H26O4. The predicted octanol–water partition coefficient (Wildman–Crippen LogP) is 2.47. The molecule has 0 fully saturated rings. The van der Waals surface area contributed by atoms with Gasteiger partial charge >= 0.3 is 0 Å². The summed E-state index contributed by atoms with van der Waals surface area (Å²) in [7, 11) is 0. The van der Waals surface area contributed by atoms with Gasteiger partial charge in [-0.25, -0.2) is 0 Å². The van der Waals surface area contributed by atoms with Crippen LogP contribution in [0.3, 0.4) is 0 Å². The molecule has 114 valence electrons. The molecule has 0 saturated carbocycles. The van der Waals surface area contributed by atoms with E-state index in [0.29, 0.717) is 37.0 Å². The number of allylic oxidation sites excluding steroid dienone is 1. The SMILES string of the molecule is CCCCCCC(O)C1CCC2=C(O1)C(O)CCC2=O. The van der Waals surface area contributed by atoms with Gasteiger partial charge in [-0.15, -0.1) is 0 Å². The molecule has 1 aliphatic heterocycles. The number of Topliss-reactive ketones (excluding diaryl/α,β-unsaturated/α-hetero) is 1. The first kappa shape index (κ1) is 15.5. The van der Waals surface area contributed by atoms with E-state index in [1.54, 1.807) is 0 Å². The summed E-state index contributed by atoms with van der Waals surface area (Å²) in [6, 6.07) is 0. The van der Waals surface area contributed by atoms with Crippen LogP contribution in [0.1, 0.15) is 64.7 Å².